The van der Waals surface area contributed by atoms with E-state index < -0.39 is 34.5 Å². The molecule has 0 saturated carbocycles. The Balaban J connectivity index is 1.64. The van der Waals surface area contributed by atoms with Crippen molar-refractivity contribution in [2.75, 3.05) is 17.5 Å². The Morgan fingerprint density at radius 1 is 1.06 bits per heavy atom. The largest absolute Gasteiger partial charge is 0.452 e. The number of esters is 1. The number of ether oxygens (including phenoxy) is 1. The van der Waals surface area contributed by atoms with Gasteiger partial charge in [0.25, 0.3) is 15.9 Å². The van der Waals surface area contributed by atoms with Crippen LogP contribution in [0.3, 0.4) is 0 Å². The maximum absolute atomic E-state index is 13.1. The molecule has 1 heterocycles. The number of nitrogens with zero attached hydrogens (tertiary/aromatic N) is 1. The third-order valence-corrected chi connectivity index (χ3v) is 6.58. The first-order valence-corrected chi connectivity index (χ1v) is 11.6. The van der Waals surface area contributed by atoms with E-state index >= 15 is 0 Å². The predicted molar refractivity (Wildman–Crippen MR) is 118 cm³/mol. The van der Waals surface area contributed by atoms with Crippen LogP contribution in [-0.2, 0) is 26.0 Å². The van der Waals surface area contributed by atoms with Gasteiger partial charge in [0.05, 0.1) is 16.1 Å². The van der Waals surface area contributed by atoms with Gasteiger partial charge in [0.1, 0.15) is 0 Å². The van der Waals surface area contributed by atoms with Gasteiger partial charge in [-0.25, -0.2) is 18.0 Å². The van der Waals surface area contributed by atoms with E-state index in [1.54, 1.807) is 26.0 Å². The van der Waals surface area contributed by atoms with Crippen LogP contribution in [0.5, 0.6) is 0 Å². The summed E-state index contributed by atoms with van der Waals surface area (Å²) >= 11 is 0. The number of carbonyl (C=O) groups is 3. The van der Waals surface area contributed by atoms with Gasteiger partial charge in [-0.1, -0.05) is 18.2 Å². The highest BCUT2D eigenvalue weighted by molar-refractivity contribution is 7.92. The van der Waals surface area contributed by atoms with Gasteiger partial charge in [-0.15, -0.1) is 0 Å². The van der Waals surface area contributed by atoms with Crippen molar-refractivity contribution in [2.45, 2.75) is 37.6 Å². The summed E-state index contributed by atoms with van der Waals surface area (Å²) in [6, 6.07) is 11.9. The lowest BCUT2D eigenvalue weighted by molar-refractivity contribution is -0.123. The number of imide groups is 1. The minimum absolute atomic E-state index is 0.0499. The number of carbonyl (C=O) groups excluding carboxylic acids is 3. The van der Waals surface area contributed by atoms with Gasteiger partial charge in [0, 0.05) is 12.6 Å². The molecule has 32 heavy (non-hydrogen) atoms. The zero-order valence-corrected chi connectivity index (χ0v) is 18.6. The molecule has 0 saturated heterocycles. The van der Waals surface area contributed by atoms with Crippen molar-refractivity contribution in [3.63, 3.8) is 0 Å². The molecule has 0 fully saturated rings. The second kappa shape index (κ2) is 9.82. The van der Waals surface area contributed by atoms with Crippen molar-refractivity contribution in [1.82, 2.24) is 10.6 Å². The number of benzene rings is 2. The molecule has 3 rings (SSSR count). The van der Waals surface area contributed by atoms with Crippen molar-refractivity contribution >= 4 is 33.6 Å². The minimum atomic E-state index is -3.79. The fraction of sp³-hybridized carbons (Fsp3) is 0.318. The van der Waals surface area contributed by atoms with Gasteiger partial charge in [-0.2, -0.15) is 0 Å². The zero-order valence-electron chi connectivity index (χ0n) is 17.8. The van der Waals surface area contributed by atoms with Crippen LogP contribution in [0.2, 0.25) is 0 Å². The van der Waals surface area contributed by atoms with Crippen LogP contribution in [0.15, 0.2) is 53.4 Å². The number of nitrogens with one attached hydrogen (secondary N) is 2. The van der Waals surface area contributed by atoms with E-state index in [9.17, 15) is 22.8 Å². The van der Waals surface area contributed by atoms with E-state index in [0.29, 0.717) is 12.2 Å². The lowest BCUT2D eigenvalue weighted by atomic mass is 10.0. The fourth-order valence-electron chi connectivity index (χ4n) is 3.31. The maximum Gasteiger partial charge on any atom is 0.338 e. The van der Waals surface area contributed by atoms with Gasteiger partial charge >= 0.3 is 12.0 Å². The van der Waals surface area contributed by atoms with E-state index in [1.165, 1.54) is 28.6 Å². The molecule has 9 nitrogen and oxygen atoms in total. The SMILES string of the molecule is CC(C)NC(=O)NC(=O)COC(=O)c1ccc(S(=O)(=O)N2CCCc3ccccc32)cc1. The van der Waals surface area contributed by atoms with Crippen molar-refractivity contribution < 1.29 is 27.5 Å². The number of hydrogen-bond acceptors (Lipinski definition) is 6. The number of anilines is 1. The lowest BCUT2D eigenvalue weighted by Crippen LogP contribution is -2.44. The molecule has 3 amide bonds. The number of hydrogen-bond donors (Lipinski definition) is 2. The molecular formula is C22H25N3O6S. The zero-order chi connectivity index (χ0) is 23.3. The number of rotatable bonds is 6. The number of para-hydroxylation sites is 1. The normalized spacial score (nSPS) is 13.3. The van der Waals surface area contributed by atoms with Crippen LogP contribution in [0.25, 0.3) is 0 Å². The highest BCUT2D eigenvalue weighted by Gasteiger charge is 2.29. The Morgan fingerprint density at radius 2 is 1.75 bits per heavy atom. The Bertz CT molecular complexity index is 1110. The Kier molecular flexibility index (Phi) is 7.14. The smallest absolute Gasteiger partial charge is 0.338 e. The van der Waals surface area contributed by atoms with Gasteiger partial charge in [0.2, 0.25) is 0 Å². The number of aryl methyl sites for hydroxylation is 1. The molecule has 0 spiro atoms. The molecular weight excluding hydrogens is 434 g/mol. The molecule has 0 unspecified atom stereocenters. The summed E-state index contributed by atoms with van der Waals surface area (Å²) in [5, 5.41) is 4.51. The third kappa shape index (κ3) is 5.44. The highest BCUT2D eigenvalue weighted by atomic mass is 32.2. The molecule has 0 aromatic heterocycles. The molecule has 0 aliphatic carbocycles. The van der Waals surface area contributed by atoms with Gasteiger partial charge in [0.15, 0.2) is 6.61 Å². The number of fused-ring (bicyclic) bond motifs is 1. The minimum Gasteiger partial charge on any atom is -0.452 e. The van der Waals surface area contributed by atoms with Crippen LogP contribution < -0.4 is 14.9 Å². The molecule has 2 aromatic carbocycles. The molecule has 0 bridgehead atoms. The van der Waals surface area contributed by atoms with Crippen LogP contribution in [0, 0.1) is 0 Å². The second-order valence-electron chi connectivity index (χ2n) is 7.59. The van der Waals surface area contributed by atoms with Crippen molar-refractivity contribution in [1.29, 1.82) is 0 Å². The maximum atomic E-state index is 13.1. The molecule has 2 N–H and O–H groups in total. The third-order valence-electron chi connectivity index (χ3n) is 4.75. The van der Waals surface area contributed by atoms with Crippen LogP contribution in [0.1, 0.15) is 36.2 Å². The fourth-order valence-corrected chi connectivity index (χ4v) is 4.86. The molecule has 0 radical (unpaired) electrons. The summed E-state index contributed by atoms with van der Waals surface area (Å²) in [4.78, 5) is 35.4. The first-order chi connectivity index (χ1) is 15.2. The van der Waals surface area contributed by atoms with E-state index in [1.807, 2.05) is 17.4 Å². The second-order valence-corrected chi connectivity index (χ2v) is 9.45. The van der Waals surface area contributed by atoms with E-state index in [0.717, 1.165) is 18.4 Å². The average molecular weight is 460 g/mol. The van der Waals surface area contributed by atoms with E-state index in [-0.39, 0.29) is 16.5 Å². The Hall–Kier alpha value is -3.40. The predicted octanol–water partition coefficient (Wildman–Crippen LogP) is 2.22. The lowest BCUT2D eigenvalue weighted by Gasteiger charge is -2.30. The molecule has 2 aromatic rings. The number of sulfonamides is 1. The number of amides is 3. The molecule has 1 aliphatic heterocycles. The summed E-state index contributed by atoms with van der Waals surface area (Å²) in [5.74, 6) is -1.59. The topological polar surface area (TPSA) is 122 Å². The first-order valence-electron chi connectivity index (χ1n) is 10.2. The van der Waals surface area contributed by atoms with Gasteiger partial charge in [-0.05, 0) is 62.6 Å². The summed E-state index contributed by atoms with van der Waals surface area (Å²) in [6.07, 6.45) is 1.54. The quantitative estimate of drug-likeness (QED) is 0.639. The standard InChI is InChI=1S/C22H25N3O6S/c1-15(2)23-22(28)24-20(26)14-31-21(27)17-9-11-18(12-10-17)32(29,30)25-13-5-7-16-6-3-4-8-19(16)25/h3-4,6,8-12,15H,5,7,13-14H2,1-2H3,(H2,23,24,26,28). The molecule has 170 valence electrons. The van der Waals surface area contributed by atoms with Gasteiger partial charge in [-0.3, -0.25) is 14.4 Å². The van der Waals surface area contributed by atoms with Gasteiger partial charge < -0.3 is 10.1 Å². The van der Waals surface area contributed by atoms with Crippen molar-refractivity contribution in [2.24, 2.45) is 0 Å². The van der Waals surface area contributed by atoms with Crippen molar-refractivity contribution in [3.05, 3.63) is 59.7 Å². The van der Waals surface area contributed by atoms with Crippen LogP contribution >= 0.6 is 0 Å². The summed E-state index contributed by atoms with van der Waals surface area (Å²) in [7, 11) is -3.79. The summed E-state index contributed by atoms with van der Waals surface area (Å²) in [6.45, 7) is 3.20. The Labute approximate surface area is 186 Å². The van der Waals surface area contributed by atoms with Crippen molar-refractivity contribution in [3.8, 4) is 0 Å². The monoisotopic (exact) mass is 459 g/mol. The molecule has 0 atom stereocenters. The van der Waals surface area contributed by atoms with Crippen LogP contribution in [0.4, 0.5) is 10.5 Å². The summed E-state index contributed by atoms with van der Waals surface area (Å²) in [5.41, 5.74) is 1.72. The number of urea groups is 1. The molecule has 1 aliphatic rings. The summed E-state index contributed by atoms with van der Waals surface area (Å²) < 4.78 is 32.6. The Morgan fingerprint density at radius 3 is 2.44 bits per heavy atom. The highest BCUT2D eigenvalue weighted by Crippen LogP contribution is 2.31. The molecule has 10 heteroatoms. The van der Waals surface area contributed by atoms with E-state index in [2.05, 4.69) is 5.32 Å². The van der Waals surface area contributed by atoms with Crippen LogP contribution in [-0.4, -0.2) is 45.5 Å². The first kappa shape index (κ1) is 23.3. The average Bonchev–Trinajstić information content (AvgIpc) is 2.76. The van der Waals surface area contributed by atoms with E-state index in [4.69, 9.17) is 4.74 Å².